The zero-order valence-electron chi connectivity index (χ0n) is 22.1. The van der Waals surface area contributed by atoms with Crippen molar-refractivity contribution in [1.82, 2.24) is 15.0 Å². The third-order valence-corrected chi connectivity index (χ3v) is 6.96. The fourth-order valence-corrected chi connectivity index (χ4v) is 4.58. The topological polar surface area (TPSA) is 133 Å². The van der Waals surface area contributed by atoms with Crippen LogP contribution in [0.2, 0.25) is 0 Å². The van der Waals surface area contributed by atoms with Gasteiger partial charge in [0.2, 0.25) is 5.75 Å². The first kappa shape index (κ1) is 27.8. The van der Waals surface area contributed by atoms with E-state index in [0.29, 0.717) is 11.4 Å². The number of anilines is 1. The number of aliphatic hydroxyl groups excluding tert-OH is 1. The molecule has 0 atom stereocenters. The highest BCUT2D eigenvalue weighted by molar-refractivity contribution is 7.92. The molecule has 2 N–H and O–H groups in total. The number of rotatable bonds is 10. The summed E-state index contributed by atoms with van der Waals surface area (Å²) >= 11 is 0. The van der Waals surface area contributed by atoms with Gasteiger partial charge in [0.25, 0.3) is 15.9 Å². The molecule has 11 heteroatoms. The molecule has 2 heterocycles. The zero-order chi connectivity index (χ0) is 28.0. The number of para-hydroxylation sites is 2. The minimum atomic E-state index is -4.12. The molecule has 0 unspecified atom stereocenters. The molecule has 0 spiro atoms. The standard InChI is InChI=1S/C28H30N4O6S/c1-28(2,3)19-12-14-20(15-13-19)39(34,35)32-26-24(38-23-11-6-5-10-22(23)36-4)27(37-18-17-33)31-25(30-26)21-9-7-8-16-29-21/h5-16,33H,17-18H2,1-4H3,(H,30,31,32). The summed E-state index contributed by atoms with van der Waals surface area (Å²) in [4.78, 5) is 13.2. The highest BCUT2D eigenvalue weighted by Crippen LogP contribution is 2.41. The average molecular weight is 551 g/mol. The Labute approximate surface area is 227 Å². The van der Waals surface area contributed by atoms with E-state index in [9.17, 15) is 13.5 Å². The predicted octanol–water partition coefficient (Wildman–Crippen LogP) is 4.81. The zero-order valence-corrected chi connectivity index (χ0v) is 22.9. The normalized spacial score (nSPS) is 11.6. The van der Waals surface area contributed by atoms with Gasteiger partial charge in [0.05, 0.1) is 18.6 Å². The molecule has 0 saturated heterocycles. The van der Waals surface area contributed by atoms with Gasteiger partial charge in [-0.25, -0.2) is 13.4 Å². The fourth-order valence-electron chi connectivity index (χ4n) is 3.57. The van der Waals surface area contributed by atoms with Crippen molar-refractivity contribution in [3.63, 3.8) is 0 Å². The molecular formula is C28H30N4O6S. The first-order chi connectivity index (χ1) is 18.6. The van der Waals surface area contributed by atoms with Crippen molar-refractivity contribution in [2.45, 2.75) is 31.1 Å². The fraction of sp³-hybridized carbons (Fsp3) is 0.250. The van der Waals surface area contributed by atoms with Gasteiger partial charge in [0.15, 0.2) is 23.1 Å². The van der Waals surface area contributed by atoms with E-state index in [1.807, 2.05) is 20.8 Å². The number of ether oxygens (including phenoxy) is 3. The monoisotopic (exact) mass is 550 g/mol. The van der Waals surface area contributed by atoms with Crippen LogP contribution in [0.1, 0.15) is 26.3 Å². The molecule has 2 aromatic carbocycles. The molecule has 4 aromatic rings. The molecule has 0 saturated carbocycles. The minimum Gasteiger partial charge on any atom is -0.493 e. The van der Waals surface area contributed by atoms with E-state index in [2.05, 4.69) is 19.7 Å². The van der Waals surface area contributed by atoms with Crippen molar-refractivity contribution in [3.8, 4) is 34.6 Å². The van der Waals surface area contributed by atoms with Crippen LogP contribution in [0.4, 0.5) is 5.82 Å². The first-order valence-electron chi connectivity index (χ1n) is 12.1. The van der Waals surface area contributed by atoms with Gasteiger partial charge in [-0.05, 0) is 47.4 Å². The lowest BCUT2D eigenvalue weighted by Crippen LogP contribution is -2.17. The Morgan fingerprint density at radius 2 is 1.62 bits per heavy atom. The van der Waals surface area contributed by atoms with Gasteiger partial charge in [0, 0.05) is 6.20 Å². The van der Waals surface area contributed by atoms with Crippen LogP contribution in [0.5, 0.6) is 23.1 Å². The highest BCUT2D eigenvalue weighted by atomic mass is 32.2. The largest absolute Gasteiger partial charge is 0.493 e. The van der Waals surface area contributed by atoms with E-state index in [1.54, 1.807) is 60.8 Å². The molecular weight excluding hydrogens is 520 g/mol. The van der Waals surface area contributed by atoms with E-state index in [4.69, 9.17) is 14.2 Å². The third-order valence-electron chi connectivity index (χ3n) is 5.60. The molecule has 0 aliphatic rings. The molecule has 10 nitrogen and oxygen atoms in total. The van der Waals surface area contributed by atoms with Crippen LogP contribution >= 0.6 is 0 Å². The van der Waals surface area contributed by atoms with Crippen LogP contribution in [-0.4, -0.2) is 48.8 Å². The van der Waals surface area contributed by atoms with Gasteiger partial charge in [-0.15, -0.1) is 0 Å². The maximum Gasteiger partial charge on any atom is 0.263 e. The second-order valence-corrected chi connectivity index (χ2v) is 11.1. The molecule has 204 valence electrons. The summed E-state index contributed by atoms with van der Waals surface area (Å²) < 4.78 is 46.7. The maximum absolute atomic E-state index is 13.5. The Morgan fingerprint density at radius 1 is 0.923 bits per heavy atom. The average Bonchev–Trinajstić information content (AvgIpc) is 2.93. The summed E-state index contributed by atoms with van der Waals surface area (Å²) in [5, 5.41) is 9.41. The number of benzene rings is 2. The summed E-state index contributed by atoms with van der Waals surface area (Å²) in [5.41, 5.74) is 1.22. The van der Waals surface area contributed by atoms with Gasteiger partial charge in [-0.1, -0.05) is 51.1 Å². The lowest BCUT2D eigenvalue weighted by molar-refractivity contribution is 0.192. The lowest BCUT2D eigenvalue weighted by atomic mass is 9.87. The summed E-state index contributed by atoms with van der Waals surface area (Å²) in [6.07, 6.45) is 1.56. The molecule has 0 aliphatic carbocycles. The van der Waals surface area contributed by atoms with Crippen molar-refractivity contribution < 1.29 is 27.7 Å². The molecule has 0 fully saturated rings. The molecule has 0 bridgehead atoms. The van der Waals surface area contributed by atoms with Crippen LogP contribution in [0.15, 0.2) is 77.8 Å². The summed E-state index contributed by atoms with van der Waals surface area (Å²) in [7, 11) is -2.64. The van der Waals surface area contributed by atoms with Crippen LogP contribution in [0.3, 0.4) is 0 Å². The number of nitrogens with zero attached hydrogens (tertiary/aromatic N) is 3. The van der Waals surface area contributed by atoms with E-state index in [1.165, 1.54) is 19.2 Å². The van der Waals surface area contributed by atoms with Crippen molar-refractivity contribution in [3.05, 3.63) is 78.5 Å². The van der Waals surface area contributed by atoms with Crippen molar-refractivity contribution in [2.24, 2.45) is 0 Å². The van der Waals surface area contributed by atoms with Gasteiger partial charge in [-0.2, -0.15) is 4.98 Å². The van der Waals surface area contributed by atoms with E-state index in [0.717, 1.165) is 5.56 Å². The Morgan fingerprint density at radius 3 is 2.23 bits per heavy atom. The summed E-state index contributed by atoms with van der Waals surface area (Å²) in [5.74, 6) is 0.388. The van der Waals surface area contributed by atoms with Gasteiger partial charge >= 0.3 is 0 Å². The number of methoxy groups -OCH3 is 1. The number of sulfonamides is 1. The van der Waals surface area contributed by atoms with E-state index in [-0.39, 0.29) is 52.5 Å². The van der Waals surface area contributed by atoms with Crippen LogP contribution < -0.4 is 18.9 Å². The minimum absolute atomic E-state index is 0.0366. The molecule has 0 aliphatic heterocycles. The molecule has 39 heavy (non-hydrogen) atoms. The van der Waals surface area contributed by atoms with Crippen molar-refractivity contribution in [1.29, 1.82) is 0 Å². The Hall–Kier alpha value is -4.22. The Bertz CT molecular complexity index is 1520. The van der Waals surface area contributed by atoms with Crippen molar-refractivity contribution in [2.75, 3.05) is 25.0 Å². The second-order valence-electron chi connectivity index (χ2n) is 9.45. The molecule has 0 radical (unpaired) electrons. The quantitative estimate of drug-likeness (QED) is 0.285. The number of hydrogen-bond acceptors (Lipinski definition) is 9. The maximum atomic E-state index is 13.5. The van der Waals surface area contributed by atoms with Crippen LogP contribution in [0.25, 0.3) is 11.5 Å². The number of nitrogens with one attached hydrogen (secondary N) is 1. The number of aromatic nitrogens is 3. The highest BCUT2D eigenvalue weighted by Gasteiger charge is 2.26. The van der Waals surface area contributed by atoms with E-state index >= 15 is 0 Å². The number of hydrogen-bond donors (Lipinski definition) is 2. The smallest absolute Gasteiger partial charge is 0.263 e. The number of pyridine rings is 1. The second kappa shape index (κ2) is 11.7. The van der Waals surface area contributed by atoms with Crippen molar-refractivity contribution >= 4 is 15.8 Å². The summed E-state index contributed by atoms with van der Waals surface area (Å²) in [6, 6.07) is 18.6. The first-order valence-corrected chi connectivity index (χ1v) is 13.6. The Balaban J connectivity index is 1.85. The molecule has 4 rings (SSSR count). The summed E-state index contributed by atoms with van der Waals surface area (Å²) in [6.45, 7) is 5.71. The van der Waals surface area contributed by atoms with Gasteiger partial charge in [-0.3, -0.25) is 9.71 Å². The van der Waals surface area contributed by atoms with Crippen LogP contribution in [0, 0.1) is 0 Å². The van der Waals surface area contributed by atoms with E-state index < -0.39 is 10.0 Å². The van der Waals surface area contributed by atoms with Gasteiger partial charge in [0.1, 0.15) is 12.3 Å². The molecule has 2 aromatic heterocycles. The Kier molecular flexibility index (Phi) is 8.32. The lowest BCUT2D eigenvalue weighted by Gasteiger charge is -2.20. The molecule has 0 amide bonds. The predicted molar refractivity (Wildman–Crippen MR) is 147 cm³/mol. The number of aliphatic hydroxyl groups is 1. The van der Waals surface area contributed by atoms with Gasteiger partial charge < -0.3 is 19.3 Å². The third kappa shape index (κ3) is 6.62. The SMILES string of the molecule is COc1ccccc1Oc1c(NS(=O)(=O)c2ccc(C(C)(C)C)cc2)nc(-c2ccccn2)nc1OCCO. The van der Waals surface area contributed by atoms with Crippen LogP contribution in [-0.2, 0) is 15.4 Å².